The Hall–Kier alpha value is -1.92. The second-order valence-electron chi connectivity index (χ2n) is 6.12. The lowest BCUT2D eigenvalue weighted by molar-refractivity contribution is 0.340. The van der Waals surface area contributed by atoms with Crippen molar-refractivity contribution in [3.63, 3.8) is 0 Å². The molecule has 130 valence electrons. The zero-order valence-corrected chi connectivity index (χ0v) is 14.9. The number of rotatable bonds is 7. The Morgan fingerprint density at radius 1 is 1.04 bits per heavy atom. The normalized spacial score (nSPS) is 12.2. The molecule has 0 aromatic heterocycles. The Morgan fingerprint density at radius 2 is 1.62 bits per heavy atom. The maximum Gasteiger partial charge on any atom is 0.240 e. The minimum atomic E-state index is -3.62. The van der Waals surface area contributed by atoms with E-state index in [1.165, 1.54) is 24.3 Å². The molecule has 4 nitrogen and oxygen atoms in total. The van der Waals surface area contributed by atoms with E-state index in [1.807, 2.05) is 20.8 Å². The van der Waals surface area contributed by atoms with Crippen molar-refractivity contribution in [1.29, 1.82) is 0 Å². The Balaban J connectivity index is 2.09. The van der Waals surface area contributed by atoms with E-state index in [2.05, 4.69) is 4.72 Å². The van der Waals surface area contributed by atoms with Crippen molar-refractivity contribution in [2.75, 3.05) is 13.2 Å². The van der Waals surface area contributed by atoms with Gasteiger partial charge in [-0.3, -0.25) is 0 Å². The fourth-order valence-corrected chi connectivity index (χ4v) is 3.46. The first-order valence-corrected chi connectivity index (χ1v) is 9.21. The van der Waals surface area contributed by atoms with Crippen molar-refractivity contribution in [3.8, 4) is 5.75 Å². The van der Waals surface area contributed by atoms with Crippen molar-refractivity contribution in [2.45, 2.75) is 31.1 Å². The van der Waals surface area contributed by atoms with E-state index in [1.54, 1.807) is 24.3 Å². The van der Waals surface area contributed by atoms with Crippen LogP contribution in [0.3, 0.4) is 0 Å². The molecule has 2 aromatic rings. The van der Waals surface area contributed by atoms with Gasteiger partial charge in [0.1, 0.15) is 11.6 Å². The van der Waals surface area contributed by atoms with Crippen LogP contribution >= 0.6 is 0 Å². The minimum absolute atomic E-state index is 0.181. The van der Waals surface area contributed by atoms with Gasteiger partial charge >= 0.3 is 0 Å². The summed E-state index contributed by atoms with van der Waals surface area (Å²) in [6, 6.07) is 12.4. The molecular formula is C18H22FNO3S. The summed E-state index contributed by atoms with van der Waals surface area (Å²) >= 11 is 0. The zero-order valence-electron chi connectivity index (χ0n) is 14.0. The largest absolute Gasteiger partial charge is 0.494 e. The van der Waals surface area contributed by atoms with Crippen LogP contribution in [0.2, 0.25) is 0 Å². The average Bonchev–Trinajstić information content (AvgIpc) is 2.55. The van der Waals surface area contributed by atoms with Gasteiger partial charge in [-0.2, -0.15) is 0 Å². The summed E-state index contributed by atoms with van der Waals surface area (Å²) in [6.07, 6.45) is 0. The first-order valence-electron chi connectivity index (χ1n) is 7.73. The van der Waals surface area contributed by atoms with E-state index in [4.69, 9.17) is 4.74 Å². The van der Waals surface area contributed by atoms with Crippen molar-refractivity contribution in [1.82, 2.24) is 4.72 Å². The van der Waals surface area contributed by atoms with Gasteiger partial charge in [0.2, 0.25) is 10.0 Å². The molecule has 0 aliphatic rings. The Kier molecular flexibility index (Phi) is 5.62. The SMILES string of the molecule is CCOc1ccc(S(=O)(=O)NCC(C)(C)c2ccc(F)cc2)cc1. The summed E-state index contributed by atoms with van der Waals surface area (Å²) in [5.41, 5.74) is 0.393. The van der Waals surface area contributed by atoms with E-state index in [0.29, 0.717) is 12.4 Å². The van der Waals surface area contributed by atoms with Gasteiger partial charge < -0.3 is 4.74 Å². The predicted octanol–water partition coefficient (Wildman–Crippen LogP) is 3.48. The Morgan fingerprint density at radius 3 is 2.17 bits per heavy atom. The quantitative estimate of drug-likeness (QED) is 0.831. The van der Waals surface area contributed by atoms with Crippen LogP contribution in [0.4, 0.5) is 4.39 Å². The van der Waals surface area contributed by atoms with Crippen LogP contribution in [-0.2, 0) is 15.4 Å². The van der Waals surface area contributed by atoms with Gasteiger partial charge in [0.25, 0.3) is 0 Å². The van der Waals surface area contributed by atoms with Gasteiger partial charge in [-0.25, -0.2) is 17.5 Å². The molecule has 1 N–H and O–H groups in total. The van der Waals surface area contributed by atoms with E-state index >= 15 is 0 Å². The van der Waals surface area contributed by atoms with E-state index in [0.717, 1.165) is 5.56 Å². The van der Waals surface area contributed by atoms with E-state index in [-0.39, 0.29) is 17.3 Å². The highest BCUT2D eigenvalue weighted by Crippen LogP contribution is 2.23. The van der Waals surface area contributed by atoms with Gasteiger partial charge in [0.15, 0.2) is 0 Å². The Labute approximate surface area is 142 Å². The molecule has 0 bridgehead atoms. The molecule has 0 saturated heterocycles. The molecule has 0 fully saturated rings. The smallest absolute Gasteiger partial charge is 0.240 e. The summed E-state index contributed by atoms with van der Waals surface area (Å²) in [4.78, 5) is 0.181. The van der Waals surface area contributed by atoms with Crippen molar-refractivity contribution in [3.05, 3.63) is 59.9 Å². The lowest BCUT2D eigenvalue weighted by Gasteiger charge is -2.25. The summed E-state index contributed by atoms with van der Waals surface area (Å²) < 4.78 is 45.8. The number of benzene rings is 2. The van der Waals surface area contributed by atoms with Crippen LogP contribution in [0.25, 0.3) is 0 Å². The highest BCUT2D eigenvalue weighted by molar-refractivity contribution is 7.89. The molecular weight excluding hydrogens is 329 g/mol. The zero-order chi connectivity index (χ0) is 17.8. The van der Waals surface area contributed by atoms with Crippen molar-refractivity contribution in [2.24, 2.45) is 0 Å². The number of sulfonamides is 1. The summed E-state index contributed by atoms with van der Waals surface area (Å²) in [6.45, 7) is 6.40. The molecule has 0 aliphatic carbocycles. The summed E-state index contributed by atoms with van der Waals surface area (Å²) in [5.74, 6) is 0.313. The highest BCUT2D eigenvalue weighted by atomic mass is 32.2. The first kappa shape index (κ1) is 18.4. The molecule has 0 radical (unpaired) electrons. The number of ether oxygens (including phenoxy) is 1. The molecule has 0 unspecified atom stereocenters. The number of halogens is 1. The number of nitrogens with one attached hydrogen (secondary N) is 1. The molecule has 2 aromatic carbocycles. The summed E-state index contributed by atoms with van der Waals surface area (Å²) in [7, 11) is -3.62. The predicted molar refractivity (Wildman–Crippen MR) is 92.2 cm³/mol. The van der Waals surface area contributed by atoms with Gasteiger partial charge in [-0.1, -0.05) is 26.0 Å². The standard InChI is InChI=1S/C18H22FNO3S/c1-4-23-16-9-11-17(12-10-16)24(21,22)20-13-18(2,3)14-5-7-15(19)8-6-14/h5-12,20H,4,13H2,1-3H3. The molecule has 0 saturated carbocycles. The molecule has 6 heteroatoms. The van der Waals surface area contributed by atoms with Crippen LogP contribution in [0.1, 0.15) is 26.3 Å². The maximum absolute atomic E-state index is 13.0. The number of hydrogen-bond donors (Lipinski definition) is 1. The lowest BCUT2D eigenvalue weighted by atomic mass is 9.85. The van der Waals surface area contributed by atoms with Crippen LogP contribution in [0.15, 0.2) is 53.4 Å². The second kappa shape index (κ2) is 7.32. The molecule has 0 heterocycles. The average molecular weight is 351 g/mol. The van der Waals surface area contributed by atoms with Crippen LogP contribution in [0, 0.1) is 5.82 Å². The lowest BCUT2D eigenvalue weighted by Crippen LogP contribution is -2.36. The fraction of sp³-hybridized carbons (Fsp3) is 0.333. The van der Waals surface area contributed by atoms with E-state index in [9.17, 15) is 12.8 Å². The third kappa shape index (κ3) is 4.55. The first-order chi connectivity index (χ1) is 11.2. The molecule has 0 aliphatic heterocycles. The van der Waals surface area contributed by atoms with Gasteiger partial charge in [-0.15, -0.1) is 0 Å². The van der Waals surface area contributed by atoms with Gasteiger partial charge in [0.05, 0.1) is 11.5 Å². The van der Waals surface area contributed by atoms with Crippen molar-refractivity contribution >= 4 is 10.0 Å². The van der Waals surface area contributed by atoms with Crippen LogP contribution in [-0.4, -0.2) is 21.6 Å². The highest BCUT2D eigenvalue weighted by Gasteiger charge is 2.24. The molecule has 0 spiro atoms. The monoisotopic (exact) mass is 351 g/mol. The van der Waals surface area contributed by atoms with E-state index < -0.39 is 15.4 Å². The van der Waals surface area contributed by atoms with Crippen LogP contribution in [0.5, 0.6) is 5.75 Å². The Bertz CT molecular complexity index is 769. The van der Waals surface area contributed by atoms with Gasteiger partial charge in [0, 0.05) is 12.0 Å². The van der Waals surface area contributed by atoms with Crippen molar-refractivity contribution < 1.29 is 17.5 Å². The second-order valence-corrected chi connectivity index (χ2v) is 7.89. The molecule has 0 amide bonds. The fourth-order valence-electron chi connectivity index (χ4n) is 2.24. The van der Waals surface area contributed by atoms with Crippen LogP contribution < -0.4 is 9.46 Å². The minimum Gasteiger partial charge on any atom is -0.494 e. The maximum atomic E-state index is 13.0. The third-order valence-electron chi connectivity index (χ3n) is 3.77. The third-order valence-corrected chi connectivity index (χ3v) is 5.19. The topological polar surface area (TPSA) is 55.4 Å². The summed E-state index contributed by atoms with van der Waals surface area (Å²) in [5, 5.41) is 0. The molecule has 2 rings (SSSR count). The molecule has 0 atom stereocenters. The molecule has 24 heavy (non-hydrogen) atoms. The van der Waals surface area contributed by atoms with Gasteiger partial charge in [-0.05, 0) is 48.9 Å². The number of hydrogen-bond acceptors (Lipinski definition) is 3.